The minimum Gasteiger partial charge on any atom is -0.481 e. The fourth-order valence-corrected chi connectivity index (χ4v) is 4.04. The summed E-state index contributed by atoms with van der Waals surface area (Å²) in [6.07, 6.45) is -0.293. The van der Waals surface area contributed by atoms with E-state index in [2.05, 4.69) is 10.4 Å². The van der Waals surface area contributed by atoms with Gasteiger partial charge >= 0.3 is 5.97 Å². The highest BCUT2D eigenvalue weighted by Crippen LogP contribution is 2.24. The Morgan fingerprint density at radius 3 is 2.15 bits per heavy atom. The molecule has 4 aromatic rings. The summed E-state index contributed by atoms with van der Waals surface area (Å²) in [5.74, 6) is -1.60. The lowest BCUT2D eigenvalue weighted by molar-refractivity contribution is -0.137. The van der Waals surface area contributed by atoms with Gasteiger partial charge in [-0.2, -0.15) is 0 Å². The Labute approximate surface area is 196 Å². The second kappa shape index (κ2) is 9.62. The quantitative estimate of drug-likeness (QED) is 0.384. The first-order valence-corrected chi connectivity index (χ1v) is 10.9. The highest BCUT2D eigenvalue weighted by atomic mass is 16.4. The molecule has 0 bridgehead atoms. The summed E-state index contributed by atoms with van der Waals surface area (Å²) >= 11 is 0. The van der Waals surface area contributed by atoms with Crippen LogP contribution in [0.25, 0.3) is 16.8 Å². The maximum atomic E-state index is 13.0. The molecule has 0 aliphatic carbocycles. The molecule has 0 spiro atoms. The second-order valence-corrected chi connectivity index (χ2v) is 8.20. The summed E-state index contributed by atoms with van der Waals surface area (Å²) in [5, 5.41) is 15.0. The SMILES string of the molecule is Cc1cccc(C)c1-n1[nH]c(C(=O)NC(CC(=O)O)c2ccc(-c3ccccc3)cc2)cc1=O. The molecule has 7 heteroatoms. The largest absolute Gasteiger partial charge is 0.481 e. The molecule has 0 radical (unpaired) electrons. The molecule has 1 atom stereocenters. The summed E-state index contributed by atoms with van der Waals surface area (Å²) in [4.78, 5) is 37.1. The van der Waals surface area contributed by atoms with E-state index in [-0.39, 0.29) is 17.7 Å². The van der Waals surface area contributed by atoms with Crippen LogP contribution in [0.4, 0.5) is 0 Å². The van der Waals surface area contributed by atoms with Crippen molar-refractivity contribution in [1.82, 2.24) is 15.1 Å². The first kappa shape index (κ1) is 22.8. The molecule has 0 aliphatic heterocycles. The number of nitrogens with one attached hydrogen (secondary N) is 2. The zero-order valence-corrected chi connectivity index (χ0v) is 18.9. The summed E-state index contributed by atoms with van der Waals surface area (Å²) in [7, 11) is 0. The zero-order valence-electron chi connectivity index (χ0n) is 18.9. The molecule has 0 aliphatic rings. The summed E-state index contributed by atoms with van der Waals surface area (Å²) < 4.78 is 1.33. The molecule has 0 fully saturated rings. The molecule has 0 saturated heterocycles. The number of carboxylic acid groups (broad SMARTS) is 1. The van der Waals surface area contributed by atoms with Gasteiger partial charge in [-0.3, -0.25) is 19.5 Å². The first-order valence-electron chi connectivity index (χ1n) is 10.9. The molecule has 172 valence electrons. The van der Waals surface area contributed by atoms with Gasteiger partial charge in [0.15, 0.2) is 0 Å². The van der Waals surface area contributed by atoms with E-state index in [1.54, 1.807) is 12.1 Å². The summed E-state index contributed by atoms with van der Waals surface area (Å²) in [5.41, 5.74) is 4.83. The van der Waals surface area contributed by atoms with Crippen LogP contribution in [-0.2, 0) is 4.79 Å². The lowest BCUT2D eigenvalue weighted by Gasteiger charge is -2.17. The molecule has 0 saturated carbocycles. The monoisotopic (exact) mass is 455 g/mol. The van der Waals surface area contributed by atoms with Crippen molar-refractivity contribution in [2.45, 2.75) is 26.3 Å². The average Bonchev–Trinajstić information content (AvgIpc) is 3.20. The Morgan fingerprint density at radius 1 is 0.912 bits per heavy atom. The maximum Gasteiger partial charge on any atom is 0.305 e. The van der Waals surface area contributed by atoms with Crippen LogP contribution < -0.4 is 10.9 Å². The van der Waals surface area contributed by atoms with Gasteiger partial charge in [-0.05, 0) is 41.7 Å². The van der Waals surface area contributed by atoms with Crippen LogP contribution >= 0.6 is 0 Å². The predicted molar refractivity (Wildman–Crippen MR) is 130 cm³/mol. The normalized spacial score (nSPS) is 11.7. The van der Waals surface area contributed by atoms with Crippen molar-refractivity contribution in [3.63, 3.8) is 0 Å². The van der Waals surface area contributed by atoms with Crippen LogP contribution in [-0.4, -0.2) is 26.8 Å². The van der Waals surface area contributed by atoms with E-state index in [9.17, 15) is 19.5 Å². The highest BCUT2D eigenvalue weighted by molar-refractivity contribution is 5.92. The average molecular weight is 456 g/mol. The molecule has 1 unspecified atom stereocenters. The molecule has 1 aromatic heterocycles. The fourth-order valence-electron chi connectivity index (χ4n) is 4.04. The van der Waals surface area contributed by atoms with E-state index in [4.69, 9.17) is 0 Å². The van der Waals surface area contributed by atoms with Crippen LogP contribution in [0.1, 0.15) is 39.6 Å². The molecule has 1 heterocycles. The molecule has 1 amide bonds. The van der Waals surface area contributed by atoms with E-state index >= 15 is 0 Å². The number of aromatic nitrogens is 2. The van der Waals surface area contributed by atoms with E-state index in [1.807, 2.05) is 74.5 Å². The number of aliphatic carboxylic acids is 1. The minimum atomic E-state index is -1.04. The number of carboxylic acids is 1. The van der Waals surface area contributed by atoms with Crippen LogP contribution in [0.15, 0.2) is 83.7 Å². The van der Waals surface area contributed by atoms with Gasteiger partial charge in [0, 0.05) is 6.07 Å². The van der Waals surface area contributed by atoms with Crippen LogP contribution in [0, 0.1) is 13.8 Å². The van der Waals surface area contributed by atoms with Gasteiger partial charge in [0.25, 0.3) is 11.5 Å². The summed E-state index contributed by atoms with van der Waals surface area (Å²) in [6.45, 7) is 3.77. The maximum absolute atomic E-state index is 13.0. The Bertz CT molecular complexity index is 1370. The molecular formula is C27H25N3O4. The van der Waals surface area contributed by atoms with Crippen molar-refractivity contribution in [2.75, 3.05) is 0 Å². The van der Waals surface area contributed by atoms with Crippen LogP contribution in [0.5, 0.6) is 0 Å². The first-order chi connectivity index (χ1) is 16.3. The number of H-pyrrole nitrogens is 1. The van der Waals surface area contributed by atoms with Gasteiger partial charge in [-0.15, -0.1) is 0 Å². The topological polar surface area (TPSA) is 104 Å². The number of benzene rings is 3. The molecule has 3 N–H and O–H groups in total. The van der Waals surface area contributed by atoms with Crippen molar-refractivity contribution in [3.8, 4) is 16.8 Å². The van der Waals surface area contributed by atoms with E-state index in [1.165, 1.54) is 10.7 Å². The van der Waals surface area contributed by atoms with Crippen molar-refractivity contribution < 1.29 is 14.7 Å². The van der Waals surface area contributed by atoms with Gasteiger partial charge < -0.3 is 10.4 Å². The fraction of sp³-hybridized carbons (Fsp3) is 0.148. The third kappa shape index (κ3) is 4.83. The third-order valence-corrected chi connectivity index (χ3v) is 5.73. The smallest absolute Gasteiger partial charge is 0.305 e. The Kier molecular flexibility index (Phi) is 6.45. The highest BCUT2D eigenvalue weighted by Gasteiger charge is 2.21. The molecule has 4 rings (SSSR count). The Hall–Kier alpha value is -4.39. The van der Waals surface area contributed by atoms with Gasteiger partial charge in [0.2, 0.25) is 0 Å². The predicted octanol–water partition coefficient (Wildman–Crippen LogP) is 4.40. The molecule has 34 heavy (non-hydrogen) atoms. The number of nitrogens with zero attached hydrogens (tertiary/aromatic N) is 1. The number of hydrogen-bond donors (Lipinski definition) is 3. The van der Waals surface area contributed by atoms with E-state index in [0.29, 0.717) is 11.3 Å². The van der Waals surface area contributed by atoms with Gasteiger partial charge in [0.1, 0.15) is 5.69 Å². The minimum absolute atomic E-state index is 0.0592. The van der Waals surface area contributed by atoms with Crippen LogP contribution in [0.3, 0.4) is 0 Å². The number of aryl methyl sites for hydroxylation is 2. The van der Waals surface area contributed by atoms with Crippen molar-refractivity contribution in [3.05, 3.63) is 112 Å². The number of carbonyl (C=O) groups is 2. The van der Waals surface area contributed by atoms with Crippen molar-refractivity contribution in [2.24, 2.45) is 0 Å². The number of amides is 1. The number of aromatic amines is 1. The molecular weight excluding hydrogens is 430 g/mol. The lowest BCUT2D eigenvalue weighted by Crippen LogP contribution is -2.30. The number of carbonyl (C=O) groups excluding carboxylic acids is 1. The van der Waals surface area contributed by atoms with E-state index in [0.717, 1.165) is 22.3 Å². The van der Waals surface area contributed by atoms with Crippen molar-refractivity contribution >= 4 is 11.9 Å². The third-order valence-electron chi connectivity index (χ3n) is 5.73. The van der Waals surface area contributed by atoms with Crippen LogP contribution in [0.2, 0.25) is 0 Å². The van der Waals surface area contributed by atoms with Gasteiger partial charge in [0.05, 0.1) is 18.2 Å². The number of para-hydroxylation sites is 1. The zero-order chi connectivity index (χ0) is 24.2. The van der Waals surface area contributed by atoms with Gasteiger partial charge in [-0.25, -0.2) is 4.68 Å². The second-order valence-electron chi connectivity index (χ2n) is 8.20. The Morgan fingerprint density at radius 2 is 1.53 bits per heavy atom. The molecule has 7 nitrogen and oxygen atoms in total. The lowest BCUT2D eigenvalue weighted by atomic mass is 9.99. The van der Waals surface area contributed by atoms with E-state index < -0.39 is 17.9 Å². The number of hydrogen-bond acceptors (Lipinski definition) is 3. The van der Waals surface area contributed by atoms with Gasteiger partial charge in [-0.1, -0.05) is 72.8 Å². The standard InChI is InChI=1S/C27H25N3O4/c1-17-7-6-8-18(2)26(17)30-24(31)15-23(29-30)27(34)28-22(16-25(32)33)21-13-11-20(12-14-21)19-9-4-3-5-10-19/h3-15,22,29H,16H2,1-2H3,(H,28,34)(H,32,33). The Balaban J connectivity index is 1.59. The summed E-state index contributed by atoms with van der Waals surface area (Å²) in [6, 6.07) is 23.3. The number of rotatable bonds is 7. The molecule has 3 aromatic carbocycles. The van der Waals surface area contributed by atoms with Crippen molar-refractivity contribution in [1.29, 1.82) is 0 Å².